The standard InChI is InChI=1S/C12H11ClN2O/c1-8-6-14-12(15-7-8)11(16)9-3-2-4-10(13)5-9/h2-7,11,16H,1H3. The van der Waals surface area contributed by atoms with Crippen molar-refractivity contribution in [2.45, 2.75) is 13.0 Å². The van der Waals surface area contributed by atoms with Crippen molar-refractivity contribution in [1.82, 2.24) is 9.97 Å². The van der Waals surface area contributed by atoms with Crippen molar-refractivity contribution < 1.29 is 5.11 Å². The molecule has 1 unspecified atom stereocenters. The summed E-state index contributed by atoms with van der Waals surface area (Å²) in [6.45, 7) is 1.90. The Morgan fingerprint density at radius 3 is 2.56 bits per heavy atom. The highest BCUT2D eigenvalue weighted by molar-refractivity contribution is 6.30. The van der Waals surface area contributed by atoms with Gasteiger partial charge in [-0.15, -0.1) is 0 Å². The number of nitrogens with zero attached hydrogens (tertiary/aromatic N) is 2. The second-order valence-electron chi connectivity index (χ2n) is 3.58. The molecule has 82 valence electrons. The zero-order valence-corrected chi connectivity index (χ0v) is 9.52. The maximum absolute atomic E-state index is 10.0. The predicted octanol–water partition coefficient (Wildman–Crippen LogP) is 2.52. The molecule has 1 atom stereocenters. The highest BCUT2D eigenvalue weighted by atomic mass is 35.5. The Balaban J connectivity index is 2.31. The fourth-order valence-electron chi connectivity index (χ4n) is 1.37. The molecule has 0 spiro atoms. The van der Waals surface area contributed by atoms with Crippen molar-refractivity contribution >= 4 is 11.6 Å². The molecule has 1 heterocycles. The van der Waals surface area contributed by atoms with Gasteiger partial charge in [-0.25, -0.2) is 9.97 Å². The number of benzene rings is 1. The molecule has 16 heavy (non-hydrogen) atoms. The molecule has 0 bridgehead atoms. The lowest BCUT2D eigenvalue weighted by Gasteiger charge is -2.09. The first-order valence-electron chi connectivity index (χ1n) is 4.89. The average molecular weight is 235 g/mol. The van der Waals surface area contributed by atoms with Gasteiger partial charge >= 0.3 is 0 Å². The van der Waals surface area contributed by atoms with Crippen LogP contribution in [0.4, 0.5) is 0 Å². The first-order valence-corrected chi connectivity index (χ1v) is 5.26. The van der Waals surface area contributed by atoms with Crippen LogP contribution in [0.2, 0.25) is 5.02 Å². The van der Waals surface area contributed by atoms with Gasteiger partial charge in [0.1, 0.15) is 6.10 Å². The summed E-state index contributed by atoms with van der Waals surface area (Å²) in [5.41, 5.74) is 1.65. The summed E-state index contributed by atoms with van der Waals surface area (Å²) in [7, 11) is 0. The third-order valence-corrected chi connectivity index (χ3v) is 2.44. The molecule has 0 radical (unpaired) electrons. The summed E-state index contributed by atoms with van der Waals surface area (Å²) in [4.78, 5) is 8.16. The molecule has 0 aliphatic carbocycles. The molecule has 1 aromatic heterocycles. The summed E-state index contributed by atoms with van der Waals surface area (Å²) in [5.74, 6) is 0.382. The van der Waals surface area contributed by atoms with Gasteiger partial charge in [0.25, 0.3) is 0 Å². The summed E-state index contributed by atoms with van der Waals surface area (Å²) in [6, 6.07) is 7.04. The lowest BCUT2D eigenvalue weighted by atomic mass is 10.1. The van der Waals surface area contributed by atoms with E-state index < -0.39 is 6.10 Å². The van der Waals surface area contributed by atoms with Crippen LogP contribution in [0.15, 0.2) is 36.7 Å². The Morgan fingerprint density at radius 2 is 1.94 bits per heavy atom. The van der Waals surface area contributed by atoms with E-state index in [9.17, 15) is 5.11 Å². The van der Waals surface area contributed by atoms with E-state index in [0.717, 1.165) is 5.56 Å². The van der Waals surface area contributed by atoms with Crippen molar-refractivity contribution in [2.24, 2.45) is 0 Å². The van der Waals surface area contributed by atoms with Crippen LogP contribution in [0.3, 0.4) is 0 Å². The second-order valence-corrected chi connectivity index (χ2v) is 4.01. The summed E-state index contributed by atoms with van der Waals surface area (Å²) in [5, 5.41) is 10.6. The maximum Gasteiger partial charge on any atom is 0.161 e. The van der Waals surface area contributed by atoms with Crippen molar-refractivity contribution in [1.29, 1.82) is 0 Å². The number of aliphatic hydroxyl groups is 1. The van der Waals surface area contributed by atoms with Crippen LogP contribution in [0.1, 0.15) is 23.1 Å². The highest BCUT2D eigenvalue weighted by Crippen LogP contribution is 2.21. The summed E-state index contributed by atoms with van der Waals surface area (Å²) >= 11 is 5.85. The Labute approximate surface area is 98.8 Å². The van der Waals surface area contributed by atoms with Crippen molar-refractivity contribution in [3.05, 3.63) is 58.6 Å². The Bertz CT molecular complexity index is 485. The van der Waals surface area contributed by atoms with Crippen LogP contribution in [-0.4, -0.2) is 15.1 Å². The van der Waals surface area contributed by atoms with Crippen LogP contribution in [-0.2, 0) is 0 Å². The maximum atomic E-state index is 10.0. The van der Waals surface area contributed by atoms with E-state index in [4.69, 9.17) is 11.6 Å². The molecule has 2 aromatic rings. The van der Waals surface area contributed by atoms with Gasteiger partial charge in [-0.3, -0.25) is 0 Å². The van der Waals surface area contributed by atoms with Gasteiger partial charge in [0, 0.05) is 17.4 Å². The molecule has 0 fully saturated rings. The molecule has 0 aliphatic rings. The minimum atomic E-state index is -0.834. The SMILES string of the molecule is Cc1cnc(C(O)c2cccc(Cl)c2)nc1. The van der Waals surface area contributed by atoms with E-state index in [1.165, 1.54) is 0 Å². The zero-order valence-electron chi connectivity index (χ0n) is 8.76. The summed E-state index contributed by atoms with van der Waals surface area (Å²) < 4.78 is 0. The molecule has 0 aliphatic heterocycles. The minimum absolute atomic E-state index is 0.382. The van der Waals surface area contributed by atoms with Gasteiger partial charge in [0.15, 0.2) is 5.82 Å². The van der Waals surface area contributed by atoms with Gasteiger partial charge in [0.2, 0.25) is 0 Å². The molecule has 1 N–H and O–H groups in total. The monoisotopic (exact) mass is 234 g/mol. The minimum Gasteiger partial charge on any atom is -0.380 e. The van der Waals surface area contributed by atoms with E-state index in [0.29, 0.717) is 16.4 Å². The van der Waals surface area contributed by atoms with E-state index in [-0.39, 0.29) is 0 Å². The quantitative estimate of drug-likeness (QED) is 0.869. The molecule has 0 saturated heterocycles. The molecular weight excluding hydrogens is 224 g/mol. The first kappa shape index (κ1) is 11.0. The largest absolute Gasteiger partial charge is 0.380 e. The van der Waals surface area contributed by atoms with Crippen molar-refractivity contribution in [3.8, 4) is 0 Å². The lowest BCUT2D eigenvalue weighted by Crippen LogP contribution is -2.05. The number of aryl methyl sites for hydroxylation is 1. The fourth-order valence-corrected chi connectivity index (χ4v) is 1.57. The molecule has 4 heteroatoms. The Kier molecular flexibility index (Phi) is 3.17. The Morgan fingerprint density at radius 1 is 1.25 bits per heavy atom. The number of hydrogen-bond acceptors (Lipinski definition) is 3. The lowest BCUT2D eigenvalue weighted by molar-refractivity contribution is 0.209. The van der Waals surface area contributed by atoms with Crippen LogP contribution in [0.5, 0.6) is 0 Å². The molecule has 0 amide bonds. The first-order chi connectivity index (χ1) is 7.66. The molecule has 3 nitrogen and oxygen atoms in total. The van der Waals surface area contributed by atoms with Gasteiger partial charge in [-0.2, -0.15) is 0 Å². The van der Waals surface area contributed by atoms with E-state index in [1.807, 2.05) is 6.92 Å². The molecule has 2 rings (SSSR count). The third-order valence-electron chi connectivity index (χ3n) is 2.21. The van der Waals surface area contributed by atoms with Gasteiger partial charge in [-0.1, -0.05) is 23.7 Å². The summed E-state index contributed by atoms with van der Waals surface area (Å²) in [6.07, 6.45) is 2.52. The number of rotatable bonds is 2. The van der Waals surface area contributed by atoms with Crippen LogP contribution < -0.4 is 0 Å². The van der Waals surface area contributed by atoms with E-state index >= 15 is 0 Å². The smallest absolute Gasteiger partial charge is 0.161 e. The van der Waals surface area contributed by atoms with Crippen LogP contribution in [0, 0.1) is 6.92 Å². The Hall–Kier alpha value is -1.45. The number of aliphatic hydroxyl groups excluding tert-OH is 1. The number of hydrogen-bond donors (Lipinski definition) is 1. The molecule has 1 aromatic carbocycles. The fraction of sp³-hybridized carbons (Fsp3) is 0.167. The van der Waals surface area contributed by atoms with Gasteiger partial charge < -0.3 is 5.11 Å². The average Bonchev–Trinajstić information content (AvgIpc) is 2.29. The van der Waals surface area contributed by atoms with Gasteiger partial charge in [-0.05, 0) is 30.2 Å². The van der Waals surface area contributed by atoms with Crippen molar-refractivity contribution in [2.75, 3.05) is 0 Å². The van der Waals surface area contributed by atoms with E-state index in [1.54, 1.807) is 36.7 Å². The predicted molar refractivity (Wildman–Crippen MR) is 62.3 cm³/mol. The number of aromatic nitrogens is 2. The third kappa shape index (κ3) is 2.38. The van der Waals surface area contributed by atoms with Crippen LogP contribution in [0.25, 0.3) is 0 Å². The van der Waals surface area contributed by atoms with Gasteiger partial charge in [0.05, 0.1) is 0 Å². The topological polar surface area (TPSA) is 46.0 Å². The highest BCUT2D eigenvalue weighted by Gasteiger charge is 2.13. The van der Waals surface area contributed by atoms with Crippen molar-refractivity contribution in [3.63, 3.8) is 0 Å². The molecular formula is C12H11ClN2O. The number of halogens is 1. The van der Waals surface area contributed by atoms with Crippen LogP contribution >= 0.6 is 11.6 Å². The zero-order chi connectivity index (χ0) is 11.5. The van der Waals surface area contributed by atoms with E-state index in [2.05, 4.69) is 9.97 Å². The normalized spacial score (nSPS) is 12.4. The second kappa shape index (κ2) is 4.60. The molecule has 0 saturated carbocycles.